The molecule has 6 heteroatoms. The van der Waals surface area contributed by atoms with Crippen LogP contribution in [0.4, 0.5) is 5.69 Å². The molecule has 0 aliphatic carbocycles. The van der Waals surface area contributed by atoms with E-state index in [4.69, 9.17) is 0 Å². The van der Waals surface area contributed by atoms with Gasteiger partial charge < -0.3 is 15.1 Å². The normalized spacial score (nSPS) is 14.4. The smallest absolute Gasteiger partial charge is 0.312 e. The quantitative estimate of drug-likeness (QED) is 0.825. The van der Waals surface area contributed by atoms with E-state index in [0.29, 0.717) is 19.6 Å². The Balaban J connectivity index is 1.59. The van der Waals surface area contributed by atoms with Crippen molar-refractivity contribution in [2.75, 3.05) is 25.0 Å². The molecule has 1 aliphatic heterocycles. The van der Waals surface area contributed by atoms with Crippen molar-refractivity contribution >= 4 is 23.4 Å². The third kappa shape index (κ3) is 4.34. The second kappa shape index (κ2) is 8.03. The number of hydrogen-bond donors (Lipinski definition) is 1. The highest BCUT2D eigenvalue weighted by atomic mass is 16.2. The molecule has 0 unspecified atom stereocenters. The van der Waals surface area contributed by atoms with Gasteiger partial charge in [-0.2, -0.15) is 0 Å². The van der Waals surface area contributed by atoms with Crippen molar-refractivity contribution in [3.05, 3.63) is 65.2 Å². The molecule has 140 valence electrons. The number of anilines is 1. The molecule has 27 heavy (non-hydrogen) atoms. The van der Waals surface area contributed by atoms with Gasteiger partial charge >= 0.3 is 11.8 Å². The standard InChI is InChI=1S/C21H23N3O3/c1-15-7-6-10-18(16(15)2)22-19(25)14-24-12-11-23(20(26)21(24)27)13-17-8-4-3-5-9-17/h3-10H,11-14H2,1-2H3,(H,22,25). The molecule has 6 nitrogen and oxygen atoms in total. The van der Waals surface area contributed by atoms with E-state index in [2.05, 4.69) is 5.32 Å². The third-order valence-electron chi connectivity index (χ3n) is 4.83. The van der Waals surface area contributed by atoms with Gasteiger partial charge in [0.15, 0.2) is 0 Å². The number of piperazine rings is 1. The van der Waals surface area contributed by atoms with E-state index < -0.39 is 11.8 Å². The lowest BCUT2D eigenvalue weighted by atomic mass is 10.1. The van der Waals surface area contributed by atoms with E-state index in [1.807, 2.05) is 62.4 Å². The van der Waals surface area contributed by atoms with Gasteiger partial charge in [-0.3, -0.25) is 14.4 Å². The Morgan fingerprint density at radius 2 is 1.59 bits per heavy atom. The molecule has 3 rings (SSSR count). The molecule has 0 atom stereocenters. The lowest BCUT2D eigenvalue weighted by molar-refractivity contribution is -0.157. The second-order valence-electron chi connectivity index (χ2n) is 6.73. The van der Waals surface area contributed by atoms with Crippen LogP contribution in [0.15, 0.2) is 48.5 Å². The molecule has 1 saturated heterocycles. The molecular formula is C21H23N3O3. The first-order valence-corrected chi connectivity index (χ1v) is 8.94. The lowest BCUT2D eigenvalue weighted by Crippen LogP contribution is -2.55. The van der Waals surface area contributed by atoms with Crippen molar-refractivity contribution in [1.82, 2.24) is 9.80 Å². The number of hydrogen-bond acceptors (Lipinski definition) is 3. The summed E-state index contributed by atoms with van der Waals surface area (Å²) in [5.74, 6) is -1.50. The predicted molar refractivity (Wildman–Crippen MR) is 103 cm³/mol. The Kier molecular flexibility index (Phi) is 5.54. The highest BCUT2D eigenvalue weighted by molar-refractivity contribution is 6.35. The van der Waals surface area contributed by atoms with Gasteiger partial charge in [0.25, 0.3) is 0 Å². The lowest BCUT2D eigenvalue weighted by Gasteiger charge is -2.33. The summed E-state index contributed by atoms with van der Waals surface area (Å²) in [6.45, 7) is 4.93. The van der Waals surface area contributed by atoms with Gasteiger partial charge in [0.1, 0.15) is 6.54 Å². The Morgan fingerprint density at radius 3 is 2.33 bits per heavy atom. The molecule has 1 aliphatic rings. The average Bonchev–Trinajstić information content (AvgIpc) is 2.66. The Hall–Kier alpha value is -3.15. The van der Waals surface area contributed by atoms with Gasteiger partial charge in [0, 0.05) is 25.3 Å². The summed E-state index contributed by atoms with van der Waals surface area (Å²) in [5, 5.41) is 2.83. The summed E-state index contributed by atoms with van der Waals surface area (Å²) in [6, 6.07) is 15.2. The molecule has 0 radical (unpaired) electrons. The third-order valence-corrected chi connectivity index (χ3v) is 4.83. The van der Waals surface area contributed by atoms with E-state index in [1.54, 1.807) is 0 Å². The molecular weight excluding hydrogens is 342 g/mol. The first-order valence-electron chi connectivity index (χ1n) is 8.94. The summed E-state index contributed by atoms with van der Waals surface area (Å²) >= 11 is 0. The summed E-state index contributed by atoms with van der Waals surface area (Å²) in [7, 11) is 0. The highest BCUT2D eigenvalue weighted by Gasteiger charge is 2.33. The molecule has 2 aromatic carbocycles. The van der Waals surface area contributed by atoms with Crippen molar-refractivity contribution < 1.29 is 14.4 Å². The maximum absolute atomic E-state index is 12.4. The average molecular weight is 365 g/mol. The van der Waals surface area contributed by atoms with Crippen molar-refractivity contribution in [2.45, 2.75) is 20.4 Å². The van der Waals surface area contributed by atoms with Crippen molar-refractivity contribution in [3.8, 4) is 0 Å². The maximum atomic E-state index is 12.4. The van der Waals surface area contributed by atoms with Gasteiger partial charge in [-0.1, -0.05) is 42.5 Å². The Labute approximate surface area is 158 Å². The van der Waals surface area contributed by atoms with E-state index in [1.165, 1.54) is 9.80 Å². The van der Waals surface area contributed by atoms with Gasteiger partial charge in [-0.05, 0) is 36.6 Å². The number of carbonyl (C=O) groups is 3. The van der Waals surface area contributed by atoms with Crippen LogP contribution in [0.2, 0.25) is 0 Å². The van der Waals surface area contributed by atoms with Crippen molar-refractivity contribution in [2.24, 2.45) is 0 Å². The zero-order chi connectivity index (χ0) is 19.4. The number of rotatable bonds is 5. The van der Waals surface area contributed by atoms with Crippen LogP contribution in [0.5, 0.6) is 0 Å². The summed E-state index contributed by atoms with van der Waals surface area (Å²) in [4.78, 5) is 39.9. The summed E-state index contributed by atoms with van der Waals surface area (Å²) in [5.41, 5.74) is 3.76. The second-order valence-corrected chi connectivity index (χ2v) is 6.73. The van der Waals surface area contributed by atoms with Gasteiger partial charge in [-0.25, -0.2) is 0 Å². The largest absolute Gasteiger partial charge is 0.328 e. The van der Waals surface area contributed by atoms with Crippen LogP contribution in [-0.4, -0.2) is 47.2 Å². The minimum Gasteiger partial charge on any atom is -0.328 e. The molecule has 0 aromatic heterocycles. The fourth-order valence-corrected chi connectivity index (χ4v) is 3.07. The van der Waals surface area contributed by atoms with Crippen LogP contribution in [0, 0.1) is 13.8 Å². The van der Waals surface area contributed by atoms with Crippen LogP contribution in [-0.2, 0) is 20.9 Å². The number of amides is 3. The minimum absolute atomic E-state index is 0.128. The monoisotopic (exact) mass is 365 g/mol. The zero-order valence-corrected chi connectivity index (χ0v) is 15.6. The van der Waals surface area contributed by atoms with E-state index in [9.17, 15) is 14.4 Å². The van der Waals surface area contributed by atoms with E-state index in [-0.39, 0.29) is 12.5 Å². The maximum Gasteiger partial charge on any atom is 0.312 e. The van der Waals surface area contributed by atoms with Crippen LogP contribution in [0.25, 0.3) is 0 Å². The Morgan fingerprint density at radius 1 is 0.926 bits per heavy atom. The SMILES string of the molecule is Cc1cccc(NC(=O)CN2CCN(Cc3ccccc3)C(=O)C2=O)c1C. The van der Waals surface area contributed by atoms with Gasteiger partial charge in [0.2, 0.25) is 5.91 Å². The first-order chi connectivity index (χ1) is 13.0. The van der Waals surface area contributed by atoms with Crippen LogP contribution in [0.1, 0.15) is 16.7 Å². The number of carbonyl (C=O) groups excluding carboxylic acids is 3. The number of nitrogens with one attached hydrogen (secondary N) is 1. The van der Waals surface area contributed by atoms with E-state index >= 15 is 0 Å². The number of aryl methyl sites for hydroxylation is 1. The summed E-state index contributed by atoms with van der Waals surface area (Å²) in [6.07, 6.45) is 0. The molecule has 2 aromatic rings. The summed E-state index contributed by atoms with van der Waals surface area (Å²) < 4.78 is 0. The molecule has 3 amide bonds. The van der Waals surface area contributed by atoms with E-state index in [0.717, 1.165) is 22.4 Å². The molecule has 0 bridgehead atoms. The van der Waals surface area contributed by atoms with Gasteiger partial charge in [0.05, 0.1) is 0 Å². The minimum atomic E-state index is -0.631. The molecule has 1 heterocycles. The number of nitrogens with zero attached hydrogens (tertiary/aromatic N) is 2. The molecule has 1 fully saturated rings. The van der Waals surface area contributed by atoms with Crippen LogP contribution < -0.4 is 5.32 Å². The van der Waals surface area contributed by atoms with Crippen LogP contribution in [0.3, 0.4) is 0 Å². The predicted octanol–water partition coefficient (Wildman–Crippen LogP) is 2.11. The highest BCUT2D eigenvalue weighted by Crippen LogP contribution is 2.18. The fourth-order valence-electron chi connectivity index (χ4n) is 3.07. The van der Waals surface area contributed by atoms with Crippen molar-refractivity contribution in [3.63, 3.8) is 0 Å². The molecule has 0 spiro atoms. The fraction of sp³-hybridized carbons (Fsp3) is 0.286. The van der Waals surface area contributed by atoms with Gasteiger partial charge in [-0.15, -0.1) is 0 Å². The van der Waals surface area contributed by atoms with Crippen molar-refractivity contribution in [1.29, 1.82) is 0 Å². The topological polar surface area (TPSA) is 69.7 Å². The first kappa shape index (κ1) is 18.6. The number of benzene rings is 2. The molecule has 0 saturated carbocycles. The zero-order valence-electron chi connectivity index (χ0n) is 15.6. The van der Waals surface area contributed by atoms with Crippen LogP contribution >= 0.6 is 0 Å². The molecule has 1 N–H and O–H groups in total. The Bertz CT molecular complexity index is 864.